The zero-order valence-electron chi connectivity index (χ0n) is 16.8. The SMILES string of the molecule is CC(=O)NC1[C@@H]2CC[C@H]1CN(c1nnc(-c3cnc(Cl)cc3NC(C)C(N)=O)s1)C2. The number of nitrogens with two attached hydrogens (primary N) is 1. The number of piperidine rings is 1. The zero-order chi connectivity index (χ0) is 21.4. The van der Waals surface area contributed by atoms with Gasteiger partial charge in [-0.15, -0.1) is 10.2 Å². The Morgan fingerprint density at radius 3 is 2.63 bits per heavy atom. The quantitative estimate of drug-likeness (QED) is 0.575. The van der Waals surface area contributed by atoms with Crippen LogP contribution in [0.2, 0.25) is 5.15 Å². The van der Waals surface area contributed by atoms with Crippen molar-refractivity contribution < 1.29 is 9.59 Å². The van der Waals surface area contributed by atoms with Gasteiger partial charge in [-0.2, -0.15) is 0 Å². The van der Waals surface area contributed by atoms with Crippen molar-refractivity contribution in [2.75, 3.05) is 23.3 Å². The maximum Gasteiger partial charge on any atom is 0.239 e. The van der Waals surface area contributed by atoms with Crippen molar-refractivity contribution in [3.63, 3.8) is 0 Å². The van der Waals surface area contributed by atoms with Crippen LogP contribution in [0.25, 0.3) is 10.6 Å². The van der Waals surface area contributed by atoms with Gasteiger partial charge in [0, 0.05) is 37.9 Å². The highest BCUT2D eigenvalue weighted by Crippen LogP contribution is 2.41. The molecule has 4 N–H and O–H groups in total. The molecule has 1 saturated heterocycles. The molecule has 2 unspecified atom stereocenters. The lowest BCUT2D eigenvalue weighted by molar-refractivity contribution is -0.120. The van der Waals surface area contributed by atoms with Gasteiger partial charge in [-0.05, 0) is 37.7 Å². The van der Waals surface area contributed by atoms with E-state index in [2.05, 4.69) is 30.7 Å². The molecule has 2 amide bonds. The Bertz CT molecular complexity index is 954. The Morgan fingerprint density at radius 2 is 2.00 bits per heavy atom. The van der Waals surface area contributed by atoms with E-state index in [0.29, 0.717) is 33.2 Å². The van der Waals surface area contributed by atoms with Crippen LogP contribution in [0, 0.1) is 11.8 Å². The first kappa shape index (κ1) is 20.8. The number of hydrogen-bond acceptors (Lipinski definition) is 8. The summed E-state index contributed by atoms with van der Waals surface area (Å²) in [6.45, 7) is 4.95. The molecule has 2 aliphatic rings. The molecule has 30 heavy (non-hydrogen) atoms. The van der Waals surface area contributed by atoms with E-state index in [9.17, 15) is 9.59 Å². The van der Waals surface area contributed by atoms with Gasteiger partial charge in [0.05, 0.1) is 5.56 Å². The van der Waals surface area contributed by atoms with E-state index in [1.165, 1.54) is 11.3 Å². The Morgan fingerprint density at radius 1 is 1.30 bits per heavy atom. The summed E-state index contributed by atoms with van der Waals surface area (Å²) in [6, 6.07) is 1.33. The number of carbonyl (C=O) groups is 2. The molecule has 2 bridgehead atoms. The molecule has 2 fully saturated rings. The van der Waals surface area contributed by atoms with Gasteiger partial charge in [0.15, 0.2) is 5.01 Å². The zero-order valence-corrected chi connectivity index (χ0v) is 18.3. The summed E-state index contributed by atoms with van der Waals surface area (Å²) < 4.78 is 0. The summed E-state index contributed by atoms with van der Waals surface area (Å²) >= 11 is 7.52. The summed E-state index contributed by atoms with van der Waals surface area (Å²) in [5.74, 6) is 0.407. The lowest BCUT2D eigenvalue weighted by atomic mass is 9.92. The van der Waals surface area contributed by atoms with Gasteiger partial charge in [0.1, 0.15) is 11.2 Å². The van der Waals surface area contributed by atoms with Crippen LogP contribution in [-0.4, -0.2) is 52.2 Å². The van der Waals surface area contributed by atoms with Crippen molar-refractivity contribution in [3.8, 4) is 10.6 Å². The van der Waals surface area contributed by atoms with Gasteiger partial charge in [0.2, 0.25) is 16.9 Å². The number of primary amides is 1. The second kappa shape index (κ2) is 8.35. The predicted molar refractivity (Wildman–Crippen MR) is 116 cm³/mol. The molecule has 2 aromatic heterocycles. The van der Waals surface area contributed by atoms with E-state index in [1.807, 2.05) is 0 Å². The van der Waals surface area contributed by atoms with Crippen molar-refractivity contribution in [3.05, 3.63) is 17.4 Å². The van der Waals surface area contributed by atoms with Crippen molar-refractivity contribution in [1.82, 2.24) is 20.5 Å². The first-order valence-electron chi connectivity index (χ1n) is 9.89. The number of carbonyl (C=O) groups excluding carboxylic acids is 2. The minimum Gasteiger partial charge on any atom is -0.373 e. The molecule has 4 atom stereocenters. The van der Waals surface area contributed by atoms with E-state index in [0.717, 1.165) is 31.1 Å². The molecular formula is C19H24ClN7O2S. The second-order valence-electron chi connectivity index (χ2n) is 7.94. The number of fused-ring (bicyclic) bond motifs is 2. The Kier molecular flexibility index (Phi) is 5.79. The number of nitrogens with one attached hydrogen (secondary N) is 2. The first-order valence-corrected chi connectivity index (χ1v) is 11.1. The Labute approximate surface area is 183 Å². The number of anilines is 2. The van der Waals surface area contributed by atoms with Crippen LogP contribution in [0.15, 0.2) is 12.3 Å². The lowest BCUT2D eigenvalue weighted by Crippen LogP contribution is -2.52. The van der Waals surface area contributed by atoms with Crippen molar-refractivity contribution in [2.24, 2.45) is 17.6 Å². The molecule has 0 spiro atoms. The van der Waals surface area contributed by atoms with Crippen LogP contribution < -0.4 is 21.3 Å². The molecule has 3 heterocycles. The number of amides is 2. The minimum absolute atomic E-state index is 0.0315. The minimum atomic E-state index is -0.571. The first-order chi connectivity index (χ1) is 14.3. The van der Waals surface area contributed by atoms with Gasteiger partial charge >= 0.3 is 0 Å². The highest BCUT2D eigenvalue weighted by molar-refractivity contribution is 7.18. The van der Waals surface area contributed by atoms with Gasteiger partial charge in [-0.25, -0.2) is 4.98 Å². The molecule has 1 aliphatic carbocycles. The number of halogens is 1. The fourth-order valence-electron chi connectivity index (χ4n) is 4.33. The third-order valence-corrected chi connectivity index (χ3v) is 7.01. The van der Waals surface area contributed by atoms with E-state index < -0.39 is 11.9 Å². The summed E-state index contributed by atoms with van der Waals surface area (Å²) in [6.07, 6.45) is 3.84. The maximum atomic E-state index is 11.5. The topological polar surface area (TPSA) is 126 Å². The number of hydrogen-bond donors (Lipinski definition) is 3. The van der Waals surface area contributed by atoms with E-state index in [1.54, 1.807) is 26.1 Å². The normalized spacial score (nSPS) is 23.8. The molecule has 1 aliphatic heterocycles. The molecule has 1 saturated carbocycles. The highest BCUT2D eigenvalue weighted by Gasteiger charge is 2.43. The molecule has 0 radical (unpaired) electrons. The van der Waals surface area contributed by atoms with Gasteiger partial charge in [0.25, 0.3) is 0 Å². The third-order valence-electron chi connectivity index (χ3n) is 5.79. The highest BCUT2D eigenvalue weighted by atomic mass is 35.5. The third kappa shape index (κ3) is 4.20. The van der Waals surface area contributed by atoms with E-state index in [-0.39, 0.29) is 11.9 Å². The summed E-state index contributed by atoms with van der Waals surface area (Å²) in [5, 5.41) is 16.8. The van der Waals surface area contributed by atoms with Crippen molar-refractivity contribution >= 4 is 45.6 Å². The van der Waals surface area contributed by atoms with Crippen molar-refractivity contribution in [1.29, 1.82) is 0 Å². The van der Waals surface area contributed by atoms with Crippen LogP contribution in [0.4, 0.5) is 10.8 Å². The van der Waals surface area contributed by atoms with Crippen LogP contribution in [-0.2, 0) is 9.59 Å². The van der Waals surface area contributed by atoms with E-state index in [4.69, 9.17) is 17.3 Å². The average Bonchev–Trinajstić information content (AvgIpc) is 3.23. The number of aromatic nitrogens is 3. The smallest absolute Gasteiger partial charge is 0.239 e. The maximum absolute atomic E-state index is 11.5. The average molecular weight is 450 g/mol. The summed E-state index contributed by atoms with van der Waals surface area (Å²) in [7, 11) is 0. The fraction of sp³-hybridized carbons (Fsp3) is 0.526. The monoisotopic (exact) mass is 449 g/mol. The van der Waals surface area contributed by atoms with Gasteiger partial charge in [-0.1, -0.05) is 22.9 Å². The van der Waals surface area contributed by atoms with Gasteiger partial charge in [-0.3, -0.25) is 9.59 Å². The van der Waals surface area contributed by atoms with E-state index >= 15 is 0 Å². The standard InChI is InChI=1S/C19H24ClN7O2S/c1-9(17(21)29)23-14-5-15(20)22-6-13(14)18-25-26-19(30-18)27-7-11-3-4-12(8-27)16(11)24-10(2)28/h5-6,9,11-12,16H,3-4,7-8H2,1-2H3,(H2,21,29)(H,22,23)(H,24,28)/t9?,11-,12+,16?. The van der Waals surface area contributed by atoms with Crippen LogP contribution in [0.5, 0.6) is 0 Å². The Hall–Kier alpha value is -2.46. The second-order valence-corrected chi connectivity index (χ2v) is 9.28. The van der Waals surface area contributed by atoms with Crippen LogP contribution in [0.3, 0.4) is 0 Å². The van der Waals surface area contributed by atoms with Crippen molar-refractivity contribution in [2.45, 2.75) is 38.8 Å². The molecular weight excluding hydrogens is 426 g/mol. The number of rotatable bonds is 6. The lowest BCUT2D eigenvalue weighted by Gasteiger charge is -2.37. The molecule has 9 nitrogen and oxygen atoms in total. The van der Waals surface area contributed by atoms with Gasteiger partial charge < -0.3 is 21.3 Å². The van der Waals surface area contributed by atoms with Crippen LogP contribution in [0.1, 0.15) is 26.7 Å². The molecule has 0 aromatic carbocycles. The molecule has 4 rings (SSSR count). The largest absolute Gasteiger partial charge is 0.373 e. The van der Waals surface area contributed by atoms with Crippen LogP contribution >= 0.6 is 22.9 Å². The summed E-state index contributed by atoms with van der Waals surface area (Å²) in [4.78, 5) is 29.4. The molecule has 160 valence electrons. The molecule has 2 aromatic rings. The molecule has 11 heteroatoms. The summed E-state index contributed by atoms with van der Waals surface area (Å²) in [5.41, 5.74) is 6.73. The number of pyridine rings is 1. The predicted octanol–water partition coefficient (Wildman–Crippen LogP) is 1.89. The fourth-order valence-corrected chi connectivity index (χ4v) is 5.37. The number of nitrogens with zero attached hydrogens (tertiary/aromatic N) is 4. The Balaban J connectivity index is 1.54.